The number of carbonyl (C=O) groups is 1. The molecule has 0 bridgehead atoms. The lowest BCUT2D eigenvalue weighted by Crippen LogP contribution is -2.33. The smallest absolute Gasteiger partial charge is 0.256 e. The van der Waals surface area contributed by atoms with Crippen molar-refractivity contribution in [3.8, 4) is 23.6 Å². The Morgan fingerprint density at radius 2 is 2.12 bits per heavy atom. The van der Waals surface area contributed by atoms with Crippen LogP contribution in [0.1, 0.15) is 16.8 Å². The van der Waals surface area contributed by atoms with Crippen LogP contribution in [0.4, 0.5) is 0 Å². The zero-order valence-electron chi connectivity index (χ0n) is 8.71. The number of aromatic hydroxyl groups is 2. The Bertz CT molecular complexity index is 514. The number of phenols is 2. The number of phenolic OH excluding ortho intramolecular Hbond substituents is 2. The number of rotatable bonds is 3. The fourth-order valence-corrected chi connectivity index (χ4v) is 1.17. The third kappa shape index (κ3) is 2.86. The molecule has 6 heteroatoms. The van der Waals surface area contributed by atoms with E-state index in [0.29, 0.717) is 0 Å². The maximum Gasteiger partial charge on any atom is 0.256 e. The number of hydrogen-bond donors (Lipinski definition) is 3. The van der Waals surface area contributed by atoms with Crippen molar-refractivity contribution in [3.05, 3.63) is 23.8 Å². The Morgan fingerprint density at radius 1 is 1.41 bits per heavy atom. The summed E-state index contributed by atoms with van der Waals surface area (Å²) < 4.78 is 0. The van der Waals surface area contributed by atoms with Crippen LogP contribution in [0.15, 0.2) is 18.2 Å². The Kier molecular flexibility index (Phi) is 3.91. The van der Waals surface area contributed by atoms with E-state index in [9.17, 15) is 15.0 Å². The topological polar surface area (TPSA) is 117 Å². The highest BCUT2D eigenvalue weighted by Gasteiger charge is 2.17. The van der Waals surface area contributed by atoms with Crippen LogP contribution >= 0.6 is 0 Å². The van der Waals surface area contributed by atoms with Crippen molar-refractivity contribution < 1.29 is 15.0 Å². The molecule has 0 saturated carbocycles. The van der Waals surface area contributed by atoms with E-state index in [-0.39, 0.29) is 12.0 Å². The minimum atomic E-state index is -0.950. The van der Waals surface area contributed by atoms with Crippen LogP contribution < -0.4 is 5.32 Å². The van der Waals surface area contributed by atoms with Gasteiger partial charge < -0.3 is 15.5 Å². The van der Waals surface area contributed by atoms with Gasteiger partial charge in [0.25, 0.3) is 5.91 Å². The molecule has 86 valence electrons. The molecule has 1 aromatic rings. The maximum atomic E-state index is 11.6. The summed E-state index contributed by atoms with van der Waals surface area (Å²) in [5.74, 6) is -1.70. The Morgan fingerprint density at radius 3 is 2.71 bits per heavy atom. The molecule has 3 N–H and O–H groups in total. The Balaban J connectivity index is 2.88. The molecule has 0 saturated heterocycles. The van der Waals surface area contributed by atoms with Gasteiger partial charge in [-0.15, -0.1) is 0 Å². The molecular formula is C11H9N3O3. The summed E-state index contributed by atoms with van der Waals surface area (Å²) >= 11 is 0. The van der Waals surface area contributed by atoms with Crippen LogP contribution in [0.3, 0.4) is 0 Å². The summed E-state index contributed by atoms with van der Waals surface area (Å²) in [5, 5.41) is 37.9. The number of benzene rings is 1. The fourth-order valence-electron chi connectivity index (χ4n) is 1.17. The van der Waals surface area contributed by atoms with E-state index >= 15 is 0 Å². The number of hydrogen-bond acceptors (Lipinski definition) is 5. The minimum absolute atomic E-state index is 0.150. The molecule has 0 aliphatic carbocycles. The summed E-state index contributed by atoms with van der Waals surface area (Å²) in [6, 6.07) is 6.45. The van der Waals surface area contributed by atoms with Gasteiger partial charge in [0.2, 0.25) is 0 Å². The largest absolute Gasteiger partial charge is 0.504 e. The number of amides is 1. The average molecular weight is 231 g/mol. The van der Waals surface area contributed by atoms with Crippen molar-refractivity contribution in [2.75, 3.05) is 0 Å². The first-order valence-electron chi connectivity index (χ1n) is 4.68. The molecule has 1 rings (SSSR count). The third-order valence-corrected chi connectivity index (χ3v) is 2.02. The summed E-state index contributed by atoms with van der Waals surface area (Å²) in [7, 11) is 0. The summed E-state index contributed by atoms with van der Waals surface area (Å²) in [4.78, 5) is 11.6. The molecule has 1 aromatic carbocycles. The molecule has 1 amide bonds. The van der Waals surface area contributed by atoms with Crippen molar-refractivity contribution in [1.29, 1.82) is 10.5 Å². The molecule has 17 heavy (non-hydrogen) atoms. The van der Waals surface area contributed by atoms with Crippen LogP contribution in [0.5, 0.6) is 11.5 Å². The van der Waals surface area contributed by atoms with E-state index in [4.69, 9.17) is 10.5 Å². The molecule has 0 heterocycles. The fraction of sp³-hybridized carbons (Fsp3) is 0.182. The van der Waals surface area contributed by atoms with Gasteiger partial charge in [0, 0.05) is 0 Å². The second-order valence-corrected chi connectivity index (χ2v) is 3.19. The first-order valence-corrected chi connectivity index (χ1v) is 4.68. The van der Waals surface area contributed by atoms with Crippen molar-refractivity contribution in [2.45, 2.75) is 12.5 Å². The third-order valence-electron chi connectivity index (χ3n) is 2.02. The number of carbonyl (C=O) groups excluding carboxylic acids is 1. The molecular weight excluding hydrogens is 222 g/mol. The van der Waals surface area contributed by atoms with Gasteiger partial charge in [0.1, 0.15) is 6.04 Å². The highest BCUT2D eigenvalue weighted by molar-refractivity contribution is 5.97. The van der Waals surface area contributed by atoms with E-state index in [0.717, 1.165) is 0 Å². The highest BCUT2D eigenvalue weighted by Crippen LogP contribution is 2.27. The van der Waals surface area contributed by atoms with E-state index in [1.165, 1.54) is 18.2 Å². The van der Waals surface area contributed by atoms with Gasteiger partial charge >= 0.3 is 0 Å². The lowest BCUT2D eigenvalue weighted by atomic mass is 10.1. The van der Waals surface area contributed by atoms with E-state index in [1.807, 2.05) is 0 Å². The molecule has 0 aliphatic heterocycles. The summed E-state index contributed by atoms with van der Waals surface area (Å²) in [6.07, 6.45) is -0.151. The van der Waals surface area contributed by atoms with Crippen molar-refractivity contribution in [2.24, 2.45) is 0 Å². The SMILES string of the molecule is N#CC[C@H](C#N)NC(=O)c1cccc(O)c1O. The predicted octanol–water partition coefficient (Wildman–Crippen LogP) is 0.633. The van der Waals surface area contributed by atoms with Gasteiger partial charge in [-0.1, -0.05) is 6.07 Å². The Hall–Kier alpha value is -2.73. The van der Waals surface area contributed by atoms with Gasteiger partial charge in [0.05, 0.1) is 24.1 Å². The number of para-hydroxylation sites is 1. The molecule has 0 fully saturated rings. The number of nitrogens with one attached hydrogen (secondary N) is 1. The van der Waals surface area contributed by atoms with Crippen LogP contribution in [-0.4, -0.2) is 22.2 Å². The minimum Gasteiger partial charge on any atom is -0.504 e. The molecule has 1 atom stereocenters. The standard InChI is InChI=1S/C11H9N3O3/c12-5-4-7(6-13)14-11(17)8-2-1-3-9(15)10(8)16/h1-3,7,15-16H,4H2,(H,14,17)/t7-/m1/s1. The number of nitrogens with zero attached hydrogens (tertiary/aromatic N) is 2. The average Bonchev–Trinajstić information content (AvgIpc) is 2.31. The molecule has 6 nitrogen and oxygen atoms in total. The first kappa shape index (κ1) is 12.3. The lowest BCUT2D eigenvalue weighted by molar-refractivity contribution is 0.0942. The number of nitriles is 2. The second-order valence-electron chi connectivity index (χ2n) is 3.19. The van der Waals surface area contributed by atoms with Crippen LogP contribution in [0.25, 0.3) is 0 Å². The normalized spacial score (nSPS) is 10.9. The zero-order valence-corrected chi connectivity index (χ0v) is 8.71. The van der Waals surface area contributed by atoms with Gasteiger partial charge in [-0.25, -0.2) is 0 Å². The van der Waals surface area contributed by atoms with Gasteiger partial charge in [0.15, 0.2) is 11.5 Å². The lowest BCUT2D eigenvalue weighted by Gasteiger charge is -2.09. The monoisotopic (exact) mass is 231 g/mol. The molecule has 0 spiro atoms. The van der Waals surface area contributed by atoms with E-state index in [2.05, 4.69) is 5.32 Å². The first-order chi connectivity index (χ1) is 8.10. The van der Waals surface area contributed by atoms with Crippen molar-refractivity contribution >= 4 is 5.91 Å². The van der Waals surface area contributed by atoms with Crippen molar-refractivity contribution in [1.82, 2.24) is 5.32 Å². The maximum absolute atomic E-state index is 11.6. The van der Waals surface area contributed by atoms with Gasteiger partial charge in [-0.05, 0) is 12.1 Å². The van der Waals surface area contributed by atoms with Crippen LogP contribution in [0, 0.1) is 22.7 Å². The summed E-state index contributed by atoms with van der Waals surface area (Å²) in [5.41, 5.74) is -0.150. The van der Waals surface area contributed by atoms with Gasteiger partial charge in [-0.2, -0.15) is 10.5 Å². The Labute approximate surface area is 97.3 Å². The predicted molar refractivity (Wildman–Crippen MR) is 56.9 cm³/mol. The van der Waals surface area contributed by atoms with Crippen molar-refractivity contribution in [3.63, 3.8) is 0 Å². The highest BCUT2D eigenvalue weighted by atomic mass is 16.3. The molecule has 0 unspecified atom stereocenters. The second kappa shape index (κ2) is 5.38. The zero-order chi connectivity index (χ0) is 12.8. The van der Waals surface area contributed by atoms with Crippen LogP contribution in [0.2, 0.25) is 0 Å². The van der Waals surface area contributed by atoms with Crippen LogP contribution in [-0.2, 0) is 0 Å². The van der Waals surface area contributed by atoms with E-state index in [1.54, 1.807) is 12.1 Å². The molecule has 0 aliphatic rings. The van der Waals surface area contributed by atoms with E-state index < -0.39 is 23.4 Å². The molecule has 0 radical (unpaired) electrons. The van der Waals surface area contributed by atoms with Gasteiger partial charge in [-0.3, -0.25) is 4.79 Å². The molecule has 0 aromatic heterocycles. The quantitative estimate of drug-likeness (QED) is 0.659. The summed E-state index contributed by atoms with van der Waals surface area (Å²) in [6.45, 7) is 0.